The number of nitrogens with one attached hydrogen (secondary N) is 1. The Morgan fingerprint density at radius 3 is 2.35 bits per heavy atom. The Morgan fingerprint density at radius 2 is 1.82 bits per heavy atom. The minimum atomic E-state index is -1.36. The van der Waals surface area contributed by atoms with Gasteiger partial charge in [-0.2, -0.15) is 0 Å². The first-order valence-electron chi connectivity index (χ1n) is 5.20. The number of alkyl carbamates (subject to hydrolysis) is 1. The molecule has 17 heavy (non-hydrogen) atoms. The molecule has 0 aliphatic heterocycles. The minimum absolute atomic E-state index is 0.392. The molecule has 1 aromatic rings. The lowest BCUT2D eigenvalue weighted by molar-refractivity contribution is -0.322. The number of benzene rings is 1. The Hall–Kier alpha value is -1.59. The van der Waals surface area contributed by atoms with E-state index >= 15 is 0 Å². The van der Waals surface area contributed by atoms with Crippen molar-refractivity contribution >= 4 is 6.09 Å². The number of hydrogen-bond donors (Lipinski definition) is 1. The Kier molecular flexibility index (Phi) is 4.93. The van der Waals surface area contributed by atoms with Crippen LogP contribution >= 0.6 is 0 Å². The van der Waals surface area contributed by atoms with E-state index in [1.165, 1.54) is 21.1 Å². The van der Waals surface area contributed by atoms with Crippen LogP contribution in [-0.2, 0) is 20.8 Å². The molecule has 1 amide bonds. The summed E-state index contributed by atoms with van der Waals surface area (Å²) in [6, 6.07) is 9.53. The summed E-state index contributed by atoms with van der Waals surface area (Å²) in [4.78, 5) is 11.5. The molecular formula is C12H17NO4. The number of methoxy groups -OCH3 is 2. The molecule has 1 N–H and O–H groups in total. The summed E-state index contributed by atoms with van der Waals surface area (Å²) >= 11 is 0. The van der Waals surface area contributed by atoms with Gasteiger partial charge in [-0.3, -0.25) is 0 Å². The van der Waals surface area contributed by atoms with Crippen LogP contribution in [0.1, 0.15) is 12.5 Å². The van der Waals surface area contributed by atoms with Gasteiger partial charge in [0.1, 0.15) is 0 Å². The van der Waals surface area contributed by atoms with Crippen molar-refractivity contribution in [3.63, 3.8) is 0 Å². The molecule has 0 unspecified atom stereocenters. The highest BCUT2D eigenvalue weighted by molar-refractivity contribution is 5.67. The molecule has 0 spiro atoms. The summed E-state index contributed by atoms with van der Waals surface area (Å²) in [6.45, 7) is 1.90. The molecule has 94 valence electrons. The number of carbonyl (C=O) groups is 1. The molecule has 0 aliphatic carbocycles. The van der Waals surface area contributed by atoms with Gasteiger partial charge in [-0.25, -0.2) is 4.79 Å². The fraction of sp³-hybridized carbons (Fsp3) is 0.417. The maximum Gasteiger partial charge on any atom is 0.411 e. The zero-order valence-electron chi connectivity index (χ0n) is 10.2. The summed E-state index contributed by atoms with van der Waals surface area (Å²) in [6.07, 6.45) is -0.597. The second-order valence-electron chi connectivity index (χ2n) is 3.50. The highest BCUT2D eigenvalue weighted by Crippen LogP contribution is 2.11. The van der Waals surface area contributed by atoms with E-state index in [0.29, 0.717) is 6.54 Å². The summed E-state index contributed by atoms with van der Waals surface area (Å²) < 4.78 is 14.8. The van der Waals surface area contributed by atoms with Crippen molar-refractivity contribution < 1.29 is 19.0 Å². The van der Waals surface area contributed by atoms with E-state index in [-0.39, 0.29) is 0 Å². The lowest BCUT2D eigenvalue weighted by atomic mass is 10.2. The monoisotopic (exact) mass is 239 g/mol. The third kappa shape index (κ3) is 4.42. The molecule has 1 aromatic carbocycles. The van der Waals surface area contributed by atoms with E-state index in [9.17, 15) is 4.79 Å². The van der Waals surface area contributed by atoms with E-state index in [2.05, 4.69) is 5.32 Å². The van der Waals surface area contributed by atoms with Crippen molar-refractivity contribution in [2.24, 2.45) is 0 Å². The van der Waals surface area contributed by atoms with Crippen LogP contribution in [0.5, 0.6) is 0 Å². The molecule has 5 heteroatoms. The zero-order valence-corrected chi connectivity index (χ0v) is 10.2. The average molecular weight is 239 g/mol. The van der Waals surface area contributed by atoms with Gasteiger partial charge >= 0.3 is 12.1 Å². The summed E-state index contributed by atoms with van der Waals surface area (Å²) in [5.41, 5.74) is 0.987. The van der Waals surface area contributed by atoms with Gasteiger partial charge in [-0.05, 0) is 5.56 Å². The molecule has 0 saturated heterocycles. The first-order chi connectivity index (χ1) is 8.09. The van der Waals surface area contributed by atoms with Crippen molar-refractivity contribution in [2.75, 3.05) is 14.2 Å². The second-order valence-corrected chi connectivity index (χ2v) is 3.50. The first kappa shape index (κ1) is 13.5. The molecule has 1 rings (SSSR count). The molecular weight excluding hydrogens is 222 g/mol. The quantitative estimate of drug-likeness (QED) is 0.797. The highest BCUT2D eigenvalue weighted by Gasteiger charge is 2.27. The van der Waals surface area contributed by atoms with Crippen LogP contribution in [0, 0.1) is 0 Å². The first-order valence-corrected chi connectivity index (χ1v) is 5.20. The predicted octanol–water partition coefficient (Wildman–Crippen LogP) is 1.88. The molecule has 0 atom stereocenters. The van der Waals surface area contributed by atoms with Crippen LogP contribution in [-0.4, -0.2) is 26.3 Å². The third-order valence-corrected chi connectivity index (χ3v) is 2.30. The third-order valence-electron chi connectivity index (χ3n) is 2.30. The van der Waals surface area contributed by atoms with Gasteiger partial charge in [0.25, 0.3) is 0 Å². The van der Waals surface area contributed by atoms with Crippen molar-refractivity contribution in [1.29, 1.82) is 0 Å². The van der Waals surface area contributed by atoms with E-state index < -0.39 is 12.1 Å². The van der Waals surface area contributed by atoms with Gasteiger partial charge in [-0.15, -0.1) is 0 Å². The SMILES string of the molecule is COC(C)(OC)OC(=O)NCc1ccccc1. The van der Waals surface area contributed by atoms with Crippen LogP contribution in [0.4, 0.5) is 4.79 Å². The van der Waals surface area contributed by atoms with Crippen molar-refractivity contribution in [1.82, 2.24) is 5.32 Å². The molecule has 0 aliphatic rings. The van der Waals surface area contributed by atoms with Gasteiger partial charge in [0.2, 0.25) is 0 Å². The van der Waals surface area contributed by atoms with Gasteiger partial charge in [-0.1, -0.05) is 30.3 Å². The van der Waals surface area contributed by atoms with E-state index in [1.54, 1.807) is 0 Å². The smallest absolute Gasteiger partial charge is 0.392 e. The number of hydrogen-bond acceptors (Lipinski definition) is 4. The Morgan fingerprint density at radius 1 is 1.24 bits per heavy atom. The summed E-state index contributed by atoms with van der Waals surface area (Å²) in [5.74, 6) is -1.36. The standard InChI is InChI=1S/C12H17NO4/c1-12(15-2,16-3)17-11(14)13-9-10-7-5-4-6-8-10/h4-8H,9H2,1-3H3,(H,13,14). The molecule has 0 heterocycles. The van der Waals surface area contributed by atoms with Crippen LogP contribution in [0.2, 0.25) is 0 Å². The predicted molar refractivity (Wildman–Crippen MR) is 62.2 cm³/mol. The van der Waals surface area contributed by atoms with Gasteiger partial charge in [0.05, 0.1) is 0 Å². The second kappa shape index (κ2) is 6.22. The number of carbonyl (C=O) groups excluding carboxylic acids is 1. The number of rotatable bonds is 5. The Labute approximate surface area is 101 Å². The van der Waals surface area contributed by atoms with E-state index in [0.717, 1.165) is 5.56 Å². The highest BCUT2D eigenvalue weighted by atomic mass is 16.9. The number of amides is 1. The van der Waals surface area contributed by atoms with Gasteiger partial charge in [0.15, 0.2) is 0 Å². The number of ether oxygens (including phenoxy) is 3. The summed E-state index contributed by atoms with van der Waals surface area (Å²) in [5, 5.41) is 2.60. The molecule has 5 nitrogen and oxygen atoms in total. The Bertz CT molecular complexity index is 349. The molecule has 0 bridgehead atoms. The van der Waals surface area contributed by atoms with Crippen molar-refractivity contribution in [3.05, 3.63) is 35.9 Å². The maximum atomic E-state index is 11.5. The van der Waals surface area contributed by atoms with E-state index in [4.69, 9.17) is 14.2 Å². The van der Waals surface area contributed by atoms with Crippen LogP contribution in [0.25, 0.3) is 0 Å². The molecule has 0 radical (unpaired) electrons. The lowest BCUT2D eigenvalue weighted by Gasteiger charge is -2.25. The van der Waals surface area contributed by atoms with Crippen LogP contribution in [0.3, 0.4) is 0 Å². The molecule has 0 fully saturated rings. The van der Waals surface area contributed by atoms with Crippen LogP contribution < -0.4 is 5.32 Å². The topological polar surface area (TPSA) is 56.8 Å². The average Bonchev–Trinajstić information content (AvgIpc) is 2.37. The lowest BCUT2D eigenvalue weighted by Crippen LogP contribution is -2.39. The summed E-state index contributed by atoms with van der Waals surface area (Å²) in [7, 11) is 2.79. The zero-order chi connectivity index (χ0) is 12.7. The minimum Gasteiger partial charge on any atom is -0.392 e. The maximum absolute atomic E-state index is 11.5. The van der Waals surface area contributed by atoms with E-state index in [1.807, 2.05) is 30.3 Å². The Balaban J connectivity index is 2.40. The van der Waals surface area contributed by atoms with Crippen molar-refractivity contribution in [3.8, 4) is 0 Å². The fourth-order valence-electron chi connectivity index (χ4n) is 1.14. The van der Waals surface area contributed by atoms with Gasteiger partial charge in [0, 0.05) is 27.7 Å². The van der Waals surface area contributed by atoms with Gasteiger partial charge < -0.3 is 19.5 Å². The normalized spacial score (nSPS) is 11.0. The molecule has 0 aromatic heterocycles. The van der Waals surface area contributed by atoms with Crippen molar-refractivity contribution in [2.45, 2.75) is 19.4 Å². The molecule has 0 saturated carbocycles. The largest absolute Gasteiger partial charge is 0.411 e. The fourth-order valence-corrected chi connectivity index (χ4v) is 1.14. The van der Waals surface area contributed by atoms with Crippen LogP contribution in [0.15, 0.2) is 30.3 Å².